The fourth-order valence-electron chi connectivity index (χ4n) is 2.89. The summed E-state index contributed by atoms with van der Waals surface area (Å²) in [6.45, 7) is 4.93. The van der Waals surface area contributed by atoms with Gasteiger partial charge in [-0.05, 0) is 42.7 Å². The Morgan fingerprint density at radius 1 is 1.28 bits per heavy atom. The van der Waals surface area contributed by atoms with Gasteiger partial charge in [0.15, 0.2) is 18.1 Å². The Morgan fingerprint density at radius 2 is 2.04 bits per heavy atom. The molecule has 2 N–H and O–H groups in total. The average molecular weight is 345 g/mol. The summed E-state index contributed by atoms with van der Waals surface area (Å²) in [5.74, 6) is -0.203. The van der Waals surface area contributed by atoms with Crippen molar-refractivity contribution in [2.24, 2.45) is 0 Å². The summed E-state index contributed by atoms with van der Waals surface area (Å²) in [5, 5.41) is 3.02. The number of likely N-dealkylation sites (N-methyl/N-ethyl adjacent to an activating group) is 1. The summed E-state index contributed by atoms with van der Waals surface area (Å²) in [6.07, 6.45) is 0.866. The number of halogens is 1. The van der Waals surface area contributed by atoms with Crippen LogP contribution in [0.25, 0.3) is 0 Å². The van der Waals surface area contributed by atoms with E-state index in [9.17, 15) is 9.18 Å². The van der Waals surface area contributed by atoms with Crippen LogP contribution in [0.4, 0.5) is 10.1 Å². The van der Waals surface area contributed by atoms with Crippen molar-refractivity contribution >= 4 is 11.6 Å². The molecule has 0 aliphatic heterocycles. The standard InChI is InChI=1S/C20H25FN2O2/c1-5-16-8-6-7-14(2)20(16)22-19(24)13-23(3)12-15-9-10-18(25-4)17(21)11-15/h6-11H,5,12-13H2,1-4H3,(H,22,24)/p+1. The molecule has 2 rings (SSSR count). The minimum atomic E-state index is -0.384. The van der Waals surface area contributed by atoms with E-state index in [1.807, 2.05) is 38.2 Å². The molecule has 0 fully saturated rings. The molecule has 0 aromatic heterocycles. The second-order valence-corrected chi connectivity index (χ2v) is 6.29. The lowest BCUT2D eigenvalue weighted by molar-refractivity contribution is -0.885. The quantitative estimate of drug-likeness (QED) is 0.809. The van der Waals surface area contributed by atoms with Crippen molar-refractivity contribution in [1.82, 2.24) is 0 Å². The van der Waals surface area contributed by atoms with E-state index in [-0.39, 0.29) is 17.5 Å². The predicted molar refractivity (Wildman–Crippen MR) is 97.6 cm³/mol. The van der Waals surface area contributed by atoms with Crippen LogP contribution in [0, 0.1) is 12.7 Å². The minimum Gasteiger partial charge on any atom is -0.494 e. The van der Waals surface area contributed by atoms with E-state index in [2.05, 4.69) is 12.2 Å². The van der Waals surface area contributed by atoms with E-state index in [0.717, 1.165) is 33.7 Å². The van der Waals surface area contributed by atoms with Crippen LogP contribution >= 0.6 is 0 Å². The van der Waals surface area contributed by atoms with E-state index in [1.165, 1.54) is 13.2 Å². The van der Waals surface area contributed by atoms with E-state index in [1.54, 1.807) is 6.07 Å². The van der Waals surface area contributed by atoms with Crippen LogP contribution in [0.5, 0.6) is 5.75 Å². The van der Waals surface area contributed by atoms with E-state index < -0.39 is 0 Å². The molecule has 5 heteroatoms. The minimum absolute atomic E-state index is 0.0458. The first-order valence-corrected chi connectivity index (χ1v) is 8.46. The first kappa shape index (κ1) is 18.9. The summed E-state index contributed by atoms with van der Waals surface area (Å²) in [7, 11) is 3.36. The van der Waals surface area contributed by atoms with Crippen LogP contribution in [0.15, 0.2) is 36.4 Å². The van der Waals surface area contributed by atoms with Gasteiger partial charge in [-0.15, -0.1) is 0 Å². The first-order valence-electron chi connectivity index (χ1n) is 8.46. The smallest absolute Gasteiger partial charge is 0.279 e. The molecule has 0 radical (unpaired) electrons. The van der Waals surface area contributed by atoms with Gasteiger partial charge in [-0.2, -0.15) is 0 Å². The largest absolute Gasteiger partial charge is 0.494 e. The molecule has 0 aliphatic rings. The Labute approximate surface area is 148 Å². The monoisotopic (exact) mass is 345 g/mol. The Bertz CT molecular complexity index is 746. The maximum atomic E-state index is 13.8. The normalized spacial score (nSPS) is 11.9. The van der Waals surface area contributed by atoms with E-state index >= 15 is 0 Å². The topological polar surface area (TPSA) is 42.8 Å². The van der Waals surface area contributed by atoms with Crippen LogP contribution in [0.3, 0.4) is 0 Å². The number of ether oxygens (including phenoxy) is 1. The van der Waals surface area contributed by atoms with Gasteiger partial charge in [-0.25, -0.2) is 4.39 Å². The number of anilines is 1. The third-order valence-electron chi connectivity index (χ3n) is 4.19. The second-order valence-electron chi connectivity index (χ2n) is 6.29. The Hall–Kier alpha value is -2.40. The van der Waals surface area contributed by atoms with Gasteiger partial charge >= 0.3 is 0 Å². The summed E-state index contributed by atoms with van der Waals surface area (Å²) in [5.41, 5.74) is 3.91. The lowest BCUT2D eigenvalue weighted by Gasteiger charge is -2.16. The molecule has 0 saturated heterocycles. The molecule has 0 aliphatic carbocycles. The maximum Gasteiger partial charge on any atom is 0.279 e. The lowest BCUT2D eigenvalue weighted by atomic mass is 10.1. The number of methoxy groups -OCH3 is 1. The van der Waals surface area contributed by atoms with Gasteiger partial charge in [0.2, 0.25) is 0 Å². The van der Waals surface area contributed by atoms with Crippen molar-refractivity contribution in [2.75, 3.05) is 26.0 Å². The SMILES string of the molecule is CCc1cccc(C)c1NC(=O)C[NH+](C)Cc1ccc(OC)c(F)c1. The molecule has 2 aromatic carbocycles. The molecule has 0 heterocycles. The highest BCUT2D eigenvalue weighted by molar-refractivity contribution is 5.93. The molecular weight excluding hydrogens is 319 g/mol. The maximum absolute atomic E-state index is 13.8. The zero-order valence-electron chi connectivity index (χ0n) is 15.3. The van der Waals surface area contributed by atoms with Crippen LogP contribution in [-0.2, 0) is 17.8 Å². The zero-order valence-corrected chi connectivity index (χ0v) is 15.3. The number of carbonyl (C=O) groups is 1. The van der Waals surface area contributed by atoms with Crippen LogP contribution in [0.1, 0.15) is 23.6 Å². The van der Waals surface area contributed by atoms with E-state index in [0.29, 0.717) is 13.1 Å². The molecule has 4 nitrogen and oxygen atoms in total. The van der Waals surface area contributed by atoms with Crippen molar-refractivity contribution in [3.05, 3.63) is 58.9 Å². The summed E-state index contributed by atoms with van der Waals surface area (Å²) in [6, 6.07) is 10.9. The van der Waals surface area contributed by atoms with Gasteiger partial charge in [0.1, 0.15) is 6.54 Å². The van der Waals surface area contributed by atoms with Crippen molar-refractivity contribution in [3.8, 4) is 5.75 Å². The highest BCUT2D eigenvalue weighted by Crippen LogP contribution is 2.20. The van der Waals surface area contributed by atoms with Gasteiger partial charge in [-0.1, -0.05) is 25.1 Å². The molecule has 2 aromatic rings. The zero-order chi connectivity index (χ0) is 18.4. The second kappa shape index (κ2) is 8.62. The Kier molecular flexibility index (Phi) is 6.53. The Morgan fingerprint density at radius 3 is 2.68 bits per heavy atom. The van der Waals surface area contributed by atoms with Gasteiger partial charge in [-0.3, -0.25) is 4.79 Å². The third-order valence-corrected chi connectivity index (χ3v) is 4.19. The molecular formula is C20H26FN2O2+. The average Bonchev–Trinajstić information content (AvgIpc) is 2.56. The van der Waals surface area contributed by atoms with Crippen molar-refractivity contribution in [3.63, 3.8) is 0 Å². The van der Waals surface area contributed by atoms with Crippen LogP contribution < -0.4 is 15.0 Å². The molecule has 25 heavy (non-hydrogen) atoms. The lowest BCUT2D eigenvalue weighted by Crippen LogP contribution is -3.08. The number of benzene rings is 2. The summed E-state index contributed by atoms with van der Waals surface area (Å²) >= 11 is 0. The van der Waals surface area contributed by atoms with Gasteiger partial charge in [0.05, 0.1) is 14.2 Å². The van der Waals surface area contributed by atoms with Crippen LogP contribution in [0.2, 0.25) is 0 Å². The Balaban J connectivity index is 1.98. The van der Waals surface area contributed by atoms with Crippen molar-refractivity contribution in [2.45, 2.75) is 26.8 Å². The van der Waals surface area contributed by atoms with Gasteiger partial charge in [0, 0.05) is 11.3 Å². The predicted octanol–water partition coefficient (Wildman–Crippen LogP) is 2.36. The summed E-state index contributed by atoms with van der Waals surface area (Å²) < 4.78 is 18.7. The fourth-order valence-corrected chi connectivity index (χ4v) is 2.89. The number of quaternary nitrogens is 1. The molecule has 134 valence electrons. The number of rotatable bonds is 7. The summed E-state index contributed by atoms with van der Waals surface area (Å²) in [4.78, 5) is 13.4. The molecule has 1 atom stereocenters. The van der Waals surface area contributed by atoms with E-state index in [4.69, 9.17) is 4.74 Å². The van der Waals surface area contributed by atoms with Crippen molar-refractivity contribution in [1.29, 1.82) is 0 Å². The number of carbonyl (C=O) groups excluding carboxylic acids is 1. The number of nitrogens with one attached hydrogen (secondary N) is 2. The molecule has 0 bridgehead atoms. The molecule has 1 amide bonds. The number of amides is 1. The van der Waals surface area contributed by atoms with Gasteiger partial charge < -0.3 is 15.0 Å². The number of aryl methyl sites for hydroxylation is 2. The highest BCUT2D eigenvalue weighted by Gasteiger charge is 2.14. The van der Waals surface area contributed by atoms with Gasteiger partial charge in [0.25, 0.3) is 5.91 Å². The number of para-hydroxylation sites is 1. The van der Waals surface area contributed by atoms with Crippen LogP contribution in [-0.4, -0.2) is 26.6 Å². The fraction of sp³-hybridized carbons (Fsp3) is 0.350. The number of hydrogen-bond acceptors (Lipinski definition) is 2. The van der Waals surface area contributed by atoms with Crippen molar-refractivity contribution < 1.29 is 18.8 Å². The highest BCUT2D eigenvalue weighted by atomic mass is 19.1. The first-order chi connectivity index (χ1) is 11.9. The molecule has 1 unspecified atom stereocenters. The number of hydrogen-bond donors (Lipinski definition) is 2. The third kappa shape index (κ3) is 5.03. The molecule has 0 spiro atoms. The molecule has 0 saturated carbocycles.